The summed E-state index contributed by atoms with van der Waals surface area (Å²) in [6.07, 6.45) is 2.89. The van der Waals surface area contributed by atoms with Crippen LogP contribution in [0.1, 0.15) is 36.0 Å². The van der Waals surface area contributed by atoms with Gasteiger partial charge in [0.15, 0.2) is 0 Å². The van der Waals surface area contributed by atoms with Crippen molar-refractivity contribution in [3.8, 4) is 0 Å². The molecule has 2 aromatic rings. The van der Waals surface area contributed by atoms with Crippen LogP contribution in [-0.4, -0.2) is 5.78 Å². The quantitative estimate of drug-likeness (QED) is 0.829. The molecule has 1 aliphatic rings. The minimum atomic E-state index is 0.189. The first-order chi connectivity index (χ1) is 8.74. The van der Waals surface area contributed by atoms with Crippen molar-refractivity contribution in [2.75, 3.05) is 0 Å². The molecule has 0 unspecified atom stereocenters. The Kier molecular flexibility index (Phi) is 3.08. The molecule has 2 atom stereocenters. The van der Waals surface area contributed by atoms with Gasteiger partial charge in [0.05, 0.1) is 6.26 Å². The molecule has 0 N–H and O–H groups in total. The normalized spacial score (nSPS) is 23.5. The van der Waals surface area contributed by atoms with Gasteiger partial charge in [-0.1, -0.05) is 28.1 Å². The summed E-state index contributed by atoms with van der Waals surface area (Å²) in [5, 5.41) is 0. The zero-order valence-corrected chi connectivity index (χ0v) is 11.4. The van der Waals surface area contributed by atoms with Gasteiger partial charge in [-0.2, -0.15) is 0 Å². The first-order valence-electron chi connectivity index (χ1n) is 6.04. The molecule has 0 radical (unpaired) electrons. The minimum absolute atomic E-state index is 0.189. The van der Waals surface area contributed by atoms with Gasteiger partial charge in [0.1, 0.15) is 11.5 Å². The van der Waals surface area contributed by atoms with Crippen LogP contribution in [0, 0.1) is 0 Å². The molecule has 3 rings (SSSR count). The average molecular weight is 305 g/mol. The number of carbonyl (C=O) groups excluding carboxylic acids is 1. The molecule has 0 spiro atoms. The zero-order chi connectivity index (χ0) is 12.5. The second-order valence-electron chi connectivity index (χ2n) is 4.73. The molecule has 1 saturated carbocycles. The summed E-state index contributed by atoms with van der Waals surface area (Å²) >= 11 is 3.43. The van der Waals surface area contributed by atoms with Crippen molar-refractivity contribution in [1.82, 2.24) is 0 Å². The number of halogens is 1. The van der Waals surface area contributed by atoms with Crippen molar-refractivity contribution in [3.05, 3.63) is 58.5 Å². The van der Waals surface area contributed by atoms with E-state index >= 15 is 0 Å². The summed E-state index contributed by atoms with van der Waals surface area (Å²) in [5.41, 5.74) is 1.21. The monoisotopic (exact) mass is 304 g/mol. The van der Waals surface area contributed by atoms with Crippen LogP contribution in [0.25, 0.3) is 0 Å². The van der Waals surface area contributed by atoms with Crippen molar-refractivity contribution in [1.29, 1.82) is 0 Å². The van der Waals surface area contributed by atoms with Gasteiger partial charge in [0.2, 0.25) is 0 Å². The topological polar surface area (TPSA) is 30.2 Å². The third-order valence-electron chi connectivity index (χ3n) is 3.59. The summed E-state index contributed by atoms with van der Waals surface area (Å²) in [6.45, 7) is 0. The number of rotatable bonds is 2. The lowest BCUT2D eigenvalue weighted by Gasteiger charge is -2.17. The summed E-state index contributed by atoms with van der Waals surface area (Å²) in [7, 11) is 0. The van der Waals surface area contributed by atoms with Crippen molar-refractivity contribution in [3.63, 3.8) is 0 Å². The highest BCUT2D eigenvalue weighted by Gasteiger charge is 2.36. The van der Waals surface area contributed by atoms with Crippen molar-refractivity contribution in [2.45, 2.75) is 24.7 Å². The molecule has 0 aliphatic heterocycles. The largest absolute Gasteiger partial charge is 0.469 e. The fraction of sp³-hybridized carbons (Fsp3) is 0.267. The Balaban J connectivity index is 1.94. The van der Waals surface area contributed by atoms with E-state index in [0.29, 0.717) is 18.6 Å². The number of furan rings is 1. The lowest BCUT2D eigenvalue weighted by atomic mass is 9.87. The molecule has 1 fully saturated rings. The van der Waals surface area contributed by atoms with Gasteiger partial charge in [-0.05, 0) is 29.8 Å². The Morgan fingerprint density at radius 3 is 2.44 bits per heavy atom. The third-order valence-corrected chi connectivity index (χ3v) is 4.12. The van der Waals surface area contributed by atoms with E-state index in [9.17, 15) is 4.79 Å². The van der Waals surface area contributed by atoms with Crippen molar-refractivity contribution >= 4 is 21.7 Å². The van der Waals surface area contributed by atoms with Gasteiger partial charge in [-0.25, -0.2) is 0 Å². The fourth-order valence-electron chi connectivity index (χ4n) is 2.72. The summed E-state index contributed by atoms with van der Waals surface area (Å²) in [6, 6.07) is 12.1. The van der Waals surface area contributed by atoms with Crippen molar-refractivity contribution in [2.24, 2.45) is 0 Å². The van der Waals surface area contributed by atoms with Gasteiger partial charge < -0.3 is 4.42 Å². The number of hydrogen-bond donors (Lipinski definition) is 0. The first kappa shape index (κ1) is 11.7. The number of carbonyl (C=O) groups is 1. The highest BCUT2D eigenvalue weighted by atomic mass is 79.9. The maximum atomic E-state index is 11.7. The minimum Gasteiger partial charge on any atom is -0.469 e. The highest BCUT2D eigenvalue weighted by Crippen LogP contribution is 2.44. The Hall–Kier alpha value is -1.35. The van der Waals surface area contributed by atoms with Crippen LogP contribution >= 0.6 is 15.9 Å². The molecular formula is C15H13BrO2. The molecule has 0 bridgehead atoms. The summed E-state index contributed by atoms with van der Waals surface area (Å²) in [4.78, 5) is 11.7. The Morgan fingerprint density at radius 1 is 1.06 bits per heavy atom. The highest BCUT2D eigenvalue weighted by molar-refractivity contribution is 9.10. The maximum Gasteiger partial charge on any atom is 0.134 e. The first-order valence-corrected chi connectivity index (χ1v) is 6.84. The third kappa shape index (κ3) is 2.15. The summed E-state index contributed by atoms with van der Waals surface area (Å²) in [5.74, 6) is 1.68. The predicted molar refractivity (Wildman–Crippen MR) is 72.6 cm³/mol. The number of benzene rings is 1. The standard InChI is InChI=1S/C15H13BrO2/c16-11-5-3-10(4-6-11)13-8-12(17)9-14(13)15-2-1-7-18-15/h1-7,13-14H,8-9H2/t13-,14+/m0/s1. The lowest BCUT2D eigenvalue weighted by Crippen LogP contribution is -2.03. The molecule has 3 heteroatoms. The summed E-state index contributed by atoms with van der Waals surface area (Å²) < 4.78 is 6.54. The van der Waals surface area contributed by atoms with Crippen LogP contribution in [0.15, 0.2) is 51.6 Å². The average Bonchev–Trinajstić information content (AvgIpc) is 2.98. The zero-order valence-electron chi connectivity index (χ0n) is 9.80. The van der Waals surface area contributed by atoms with Gasteiger partial charge >= 0.3 is 0 Å². The van der Waals surface area contributed by atoms with E-state index in [1.807, 2.05) is 24.3 Å². The van der Waals surface area contributed by atoms with E-state index in [0.717, 1.165) is 10.2 Å². The van der Waals surface area contributed by atoms with Gasteiger partial charge in [0.25, 0.3) is 0 Å². The van der Waals surface area contributed by atoms with Gasteiger partial charge in [0, 0.05) is 29.2 Å². The molecule has 18 heavy (non-hydrogen) atoms. The number of hydrogen-bond acceptors (Lipinski definition) is 2. The SMILES string of the molecule is O=C1C[C@@H](c2ccc(Br)cc2)[C@H](c2ccco2)C1. The molecule has 1 heterocycles. The second-order valence-corrected chi connectivity index (χ2v) is 5.64. The molecule has 0 amide bonds. The van der Waals surface area contributed by atoms with E-state index in [2.05, 4.69) is 28.1 Å². The van der Waals surface area contributed by atoms with Crippen LogP contribution in [-0.2, 0) is 4.79 Å². The number of ketones is 1. The fourth-order valence-corrected chi connectivity index (χ4v) is 2.98. The molecular weight excluding hydrogens is 292 g/mol. The molecule has 2 nitrogen and oxygen atoms in total. The Morgan fingerprint density at radius 2 is 1.78 bits per heavy atom. The van der Waals surface area contributed by atoms with E-state index in [1.165, 1.54) is 5.56 Å². The lowest BCUT2D eigenvalue weighted by molar-refractivity contribution is -0.117. The second kappa shape index (κ2) is 4.73. The maximum absolute atomic E-state index is 11.7. The predicted octanol–water partition coefficient (Wildman–Crippen LogP) is 4.27. The molecule has 1 aliphatic carbocycles. The smallest absolute Gasteiger partial charge is 0.134 e. The van der Waals surface area contributed by atoms with Crippen LogP contribution in [0.5, 0.6) is 0 Å². The Labute approximate surface area is 114 Å². The molecule has 0 saturated heterocycles. The van der Waals surface area contributed by atoms with Gasteiger partial charge in [-0.3, -0.25) is 4.79 Å². The molecule has 92 valence electrons. The van der Waals surface area contributed by atoms with E-state index in [1.54, 1.807) is 6.26 Å². The molecule has 1 aromatic heterocycles. The van der Waals surface area contributed by atoms with E-state index in [4.69, 9.17) is 4.42 Å². The van der Waals surface area contributed by atoms with E-state index < -0.39 is 0 Å². The van der Waals surface area contributed by atoms with Crippen LogP contribution in [0.3, 0.4) is 0 Å². The molecule has 1 aromatic carbocycles. The van der Waals surface area contributed by atoms with Crippen LogP contribution < -0.4 is 0 Å². The van der Waals surface area contributed by atoms with Crippen LogP contribution in [0.2, 0.25) is 0 Å². The Bertz CT molecular complexity index is 542. The van der Waals surface area contributed by atoms with Crippen LogP contribution in [0.4, 0.5) is 0 Å². The van der Waals surface area contributed by atoms with E-state index in [-0.39, 0.29) is 11.8 Å². The van der Waals surface area contributed by atoms with Gasteiger partial charge in [-0.15, -0.1) is 0 Å². The number of Topliss-reactive ketones (excluding diaryl/α,β-unsaturated/α-hetero) is 1. The van der Waals surface area contributed by atoms with Crippen molar-refractivity contribution < 1.29 is 9.21 Å².